The Balaban J connectivity index is 0.00000450. The highest BCUT2D eigenvalue weighted by Crippen LogP contribution is 2.13. The lowest BCUT2D eigenvalue weighted by atomic mass is 10.1. The fraction of sp³-hybridized carbons (Fsp3) is 0.476. The van der Waals surface area contributed by atoms with Gasteiger partial charge < -0.3 is 20.3 Å². The molecular weight excluding hydrogens is 513 g/mol. The molecular formula is C21H32IN5O2S. The number of thiazole rings is 1. The number of rotatable bonds is 6. The Bertz CT molecular complexity index is 831. The predicted octanol–water partition coefficient (Wildman–Crippen LogP) is 4.30. The molecule has 0 atom stereocenters. The number of nitrogens with one attached hydrogen (secondary N) is 2. The van der Waals surface area contributed by atoms with E-state index in [4.69, 9.17) is 4.74 Å². The molecule has 0 unspecified atom stereocenters. The van der Waals surface area contributed by atoms with Crippen LogP contribution in [0.5, 0.6) is 0 Å². The van der Waals surface area contributed by atoms with Gasteiger partial charge in [0.05, 0.1) is 17.7 Å². The zero-order valence-corrected chi connectivity index (χ0v) is 21.6. The van der Waals surface area contributed by atoms with E-state index < -0.39 is 5.60 Å². The maximum absolute atomic E-state index is 12.1. The molecule has 7 nitrogen and oxygen atoms in total. The third-order valence-corrected chi connectivity index (χ3v) is 5.03. The number of carbonyl (C=O) groups is 1. The second-order valence-electron chi connectivity index (χ2n) is 7.79. The first-order valence-electron chi connectivity index (χ1n) is 9.53. The molecule has 2 aromatic rings. The van der Waals surface area contributed by atoms with Crippen LogP contribution in [0.25, 0.3) is 0 Å². The van der Waals surface area contributed by atoms with Crippen molar-refractivity contribution in [3.05, 3.63) is 51.5 Å². The van der Waals surface area contributed by atoms with Gasteiger partial charge in [-0.15, -0.1) is 35.3 Å². The van der Waals surface area contributed by atoms with Gasteiger partial charge in [0, 0.05) is 32.1 Å². The monoisotopic (exact) mass is 545 g/mol. The summed E-state index contributed by atoms with van der Waals surface area (Å²) in [6.45, 7) is 9.45. The van der Waals surface area contributed by atoms with Crippen molar-refractivity contribution in [2.24, 2.45) is 4.99 Å². The maximum Gasteiger partial charge on any atom is 0.410 e. The molecule has 1 amide bonds. The zero-order valence-electron chi connectivity index (χ0n) is 18.5. The van der Waals surface area contributed by atoms with E-state index in [0.717, 1.165) is 22.8 Å². The van der Waals surface area contributed by atoms with Gasteiger partial charge in [-0.25, -0.2) is 9.78 Å². The van der Waals surface area contributed by atoms with E-state index in [2.05, 4.69) is 20.6 Å². The number of amides is 1. The van der Waals surface area contributed by atoms with Crippen LogP contribution in [0.4, 0.5) is 4.79 Å². The van der Waals surface area contributed by atoms with Crippen LogP contribution in [-0.2, 0) is 24.4 Å². The van der Waals surface area contributed by atoms with Gasteiger partial charge in [0.1, 0.15) is 5.60 Å². The molecule has 0 aliphatic carbocycles. The largest absolute Gasteiger partial charge is 0.444 e. The average Bonchev–Trinajstić information content (AvgIpc) is 3.06. The third-order valence-electron chi connectivity index (χ3n) is 4.09. The molecule has 30 heavy (non-hydrogen) atoms. The highest BCUT2D eigenvalue weighted by atomic mass is 127. The number of ether oxygens (including phenoxy) is 1. The van der Waals surface area contributed by atoms with E-state index in [-0.39, 0.29) is 30.1 Å². The van der Waals surface area contributed by atoms with Gasteiger partial charge >= 0.3 is 6.09 Å². The van der Waals surface area contributed by atoms with Crippen LogP contribution >= 0.6 is 35.3 Å². The van der Waals surface area contributed by atoms with E-state index in [0.29, 0.717) is 19.6 Å². The topological polar surface area (TPSA) is 78.9 Å². The molecule has 9 heteroatoms. The molecule has 1 aromatic heterocycles. The van der Waals surface area contributed by atoms with Crippen molar-refractivity contribution in [1.82, 2.24) is 20.5 Å². The number of halogens is 1. The van der Waals surface area contributed by atoms with E-state index >= 15 is 0 Å². The first-order chi connectivity index (χ1) is 13.7. The van der Waals surface area contributed by atoms with Crippen LogP contribution in [-0.4, -0.2) is 41.6 Å². The lowest BCUT2D eigenvalue weighted by Gasteiger charge is -2.24. The summed E-state index contributed by atoms with van der Waals surface area (Å²) in [6, 6.07) is 8.14. The molecule has 2 N–H and O–H groups in total. The Kier molecular flexibility index (Phi) is 10.5. The van der Waals surface area contributed by atoms with Crippen molar-refractivity contribution in [3.8, 4) is 0 Å². The average molecular weight is 545 g/mol. The Morgan fingerprint density at radius 3 is 2.30 bits per heavy atom. The van der Waals surface area contributed by atoms with Crippen molar-refractivity contribution in [2.45, 2.75) is 52.9 Å². The summed E-state index contributed by atoms with van der Waals surface area (Å²) >= 11 is 1.63. The number of nitrogens with zero attached hydrogens (tertiary/aromatic N) is 3. The van der Waals surface area contributed by atoms with Crippen LogP contribution in [0.2, 0.25) is 0 Å². The first kappa shape index (κ1) is 26.2. The number of aromatic nitrogens is 1. The van der Waals surface area contributed by atoms with Gasteiger partial charge in [-0.3, -0.25) is 4.99 Å². The fourth-order valence-electron chi connectivity index (χ4n) is 2.51. The summed E-state index contributed by atoms with van der Waals surface area (Å²) in [5.41, 5.74) is 4.58. The molecule has 0 aliphatic rings. The molecule has 0 saturated heterocycles. The second kappa shape index (κ2) is 12.1. The maximum atomic E-state index is 12.1. The van der Waals surface area contributed by atoms with Crippen molar-refractivity contribution in [1.29, 1.82) is 0 Å². The Morgan fingerprint density at radius 2 is 1.77 bits per heavy atom. The lowest BCUT2D eigenvalue weighted by Crippen LogP contribution is -2.36. The molecule has 2 rings (SSSR count). The van der Waals surface area contributed by atoms with Gasteiger partial charge in [0.25, 0.3) is 0 Å². The van der Waals surface area contributed by atoms with Gasteiger partial charge in [-0.1, -0.05) is 24.3 Å². The normalized spacial score (nSPS) is 11.5. The molecule has 166 valence electrons. The number of hydrogen-bond acceptors (Lipinski definition) is 5. The molecule has 1 heterocycles. The van der Waals surface area contributed by atoms with Crippen LogP contribution < -0.4 is 10.6 Å². The van der Waals surface area contributed by atoms with Crippen molar-refractivity contribution in [2.75, 3.05) is 14.1 Å². The zero-order chi connectivity index (χ0) is 21.4. The van der Waals surface area contributed by atoms with Crippen molar-refractivity contribution in [3.63, 3.8) is 0 Å². The highest BCUT2D eigenvalue weighted by Gasteiger charge is 2.19. The number of carbonyl (C=O) groups excluding carboxylic acids is 1. The predicted molar refractivity (Wildman–Crippen MR) is 133 cm³/mol. The Hall–Kier alpha value is -1.88. The minimum atomic E-state index is -0.494. The van der Waals surface area contributed by atoms with E-state index in [1.54, 1.807) is 30.3 Å². The fourth-order valence-corrected chi connectivity index (χ4v) is 3.22. The first-order valence-corrected chi connectivity index (χ1v) is 10.4. The van der Waals surface area contributed by atoms with Crippen molar-refractivity contribution < 1.29 is 9.53 Å². The highest BCUT2D eigenvalue weighted by molar-refractivity contribution is 14.0. The molecule has 0 fully saturated rings. The summed E-state index contributed by atoms with van der Waals surface area (Å²) in [5, 5.41) is 6.61. The second-order valence-corrected chi connectivity index (χ2v) is 8.73. The van der Waals surface area contributed by atoms with Crippen LogP contribution in [0.15, 0.2) is 34.8 Å². The Labute approximate surface area is 200 Å². The molecule has 0 radical (unpaired) electrons. The molecule has 0 spiro atoms. The molecule has 1 aromatic carbocycles. The van der Waals surface area contributed by atoms with Gasteiger partial charge in [-0.2, -0.15) is 0 Å². The number of aryl methyl sites for hydroxylation is 1. The Morgan fingerprint density at radius 1 is 1.17 bits per heavy atom. The van der Waals surface area contributed by atoms with Crippen molar-refractivity contribution >= 4 is 47.4 Å². The summed E-state index contributed by atoms with van der Waals surface area (Å²) in [4.78, 5) is 23.4. The molecule has 0 saturated carbocycles. The van der Waals surface area contributed by atoms with Crippen LogP contribution in [0.1, 0.15) is 42.5 Å². The summed E-state index contributed by atoms with van der Waals surface area (Å²) < 4.78 is 5.38. The number of aliphatic imine (C=N–C) groups is 1. The minimum absolute atomic E-state index is 0. The van der Waals surface area contributed by atoms with E-state index in [9.17, 15) is 4.79 Å². The smallest absolute Gasteiger partial charge is 0.410 e. The van der Waals surface area contributed by atoms with Gasteiger partial charge in [0.2, 0.25) is 0 Å². The third kappa shape index (κ3) is 8.86. The van der Waals surface area contributed by atoms with Crippen LogP contribution in [0.3, 0.4) is 0 Å². The summed E-state index contributed by atoms with van der Waals surface area (Å²) in [5.74, 6) is 0.742. The minimum Gasteiger partial charge on any atom is -0.444 e. The van der Waals surface area contributed by atoms with Gasteiger partial charge in [0.15, 0.2) is 5.96 Å². The number of guanidine groups is 1. The molecule has 0 aliphatic heterocycles. The number of hydrogen-bond donors (Lipinski definition) is 2. The summed E-state index contributed by atoms with van der Waals surface area (Å²) in [6.07, 6.45) is -0.325. The quantitative estimate of drug-likeness (QED) is 0.322. The lowest BCUT2D eigenvalue weighted by molar-refractivity contribution is 0.0285. The van der Waals surface area contributed by atoms with E-state index in [1.807, 2.05) is 57.5 Å². The summed E-state index contributed by atoms with van der Waals surface area (Å²) in [7, 11) is 3.49. The van der Waals surface area contributed by atoms with E-state index in [1.165, 1.54) is 4.88 Å². The van der Waals surface area contributed by atoms with Crippen LogP contribution in [0, 0.1) is 6.92 Å². The standard InChI is InChI=1S/C21H31N5O2S.HI/c1-15-18(29-14-25-15)12-24-19(22-5)23-11-16-7-9-17(10-8-16)13-26(6)20(27)28-21(2,3)4;/h7-10,14H,11-13H2,1-6H3,(H2,22,23,24);1H. The SMILES string of the molecule is CN=C(NCc1ccc(CN(C)C(=O)OC(C)(C)C)cc1)NCc1scnc1C.I. The number of benzene rings is 1. The van der Waals surface area contributed by atoms with Gasteiger partial charge in [-0.05, 0) is 38.8 Å². The molecule has 0 bridgehead atoms.